The number of carbonyl (C=O) groups is 2. The molecule has 0 saturated carbocycles. The van der Waals surface area contributed by atoms with E-state index in [0.717, 1.165) is 5.56 Å². The summed E-state index contributed by atoms with van der Waals surface area (Å²) in [6.07, 6.45) is 0.571. The maximum absolute atomic E-state index is 11.1. The average Bonchev–Trinajstić information content (AvgIpc) is 2.58. The maximum Gasteiger partial charge on any atom is 0.339 e. The van der Waals surface area contributed by atoms with Gasteiger partial charge < -0.3 is 19.7 Å². The van der Waals surface area contributed by atoms with Crippen LogP contribution in [-0.2, 0) is 11.2 Å². The third kappa shape index (κ3) is 5.31. The molecule has 2 aromatic carbocycles. The van der Waals surface area contributed by atoms with Gasteiger partial charge in [0.25, 0.3) is 0 Å². The van der Waals surface area contributed by atoms with Gasteiger partial charge in [0.05, 0.1) is 0 Å². The lowest BCUT2D eigenvalue weighted by molar-refractivity contribution is -0.136. The molecule has 6 nitrogen and oxygen atoms in total. The molecule has 6 heteroatoms. The van der Waals surface area contributed by atoms with Gasteiger partial charge in [-0.1, -0.05) is 24.3 Å². The van der Waals surface area contributed by atoms with Gasteiger partial charge in [0, 0.05) is 6.42 Å². The van der Waals surface area contributed by atoms with Gasteiger partial charge in [0.1, 0.15) is 30.3 Å². The molecule has 24 heavy (non-hydrogen) atoms. The third-order valence-corrected chi connectivity index (χ3v) is 3.28. The summed E-state index contributed by atoms with van der Waals surface area (Å²) in [6.45, 7) is 0.480. The lowest BCUT2D eigenvalue weighted by Gasteiger charge is -2.10. The first kappa shape index (κ1) is 17.3. The normalized spacial score (nSPS) is 10.2. The molecular formula is C18H18O6. The molecule has 0 unspecified atom stereocenters. The van der Waals surface area contributed by atoms with Crippen LogP contribution in [0.25, 0.3) is 0 Å². The minimum absolute atomic E-state index is 0.0943. The molecule has 0 aliphatic rings. The van der Waals surface area contributed by atoms with Crippen LogP contribution in [0.15, 0.2) is 48.5 Å². The van der Waals surface area contributed by atoms with Crippen molar-refractivity contribution in [1.29, 1.82) is 0 Å². The van der Waals surface area contributed by atoms with Gasteiger partial charge in [0.15, 0.2) is 0 Å². The topological polar surface area (TPSA) is 93.1 Å². The number of hydrogen-bond donors (Lipinski definition) is 2. The first-order valence-corrected chi connectivity index (χ1v) is 7.45. The van der Waals surface area contributed by atoms with E-state index >= 15 is 0 Å². The number of para-hydroxylation sites is 1. The summed E-state index contributed by atoms with van der Waals surface area (Å²) in [5.41, 5.74) is 1.04. The SMILES string of the molecule is O=C(O)CCc1ccc(OCCOc2ccccc2C(=O)O)cc1. The zero-order chi connectivity index (χ0) is 17.4. The molecule has 0 heterocycles. The number of aromatic carboxylic acids is 1. The van der Waals surface area contributed by atoms with Gasteiger partial charge in [-0.2, -0.15) is 0 Å². The Morgan fingerprint density at radius 2 is 1.54 bits per heavy atom. The fourth-order valence-corrected chi connectivity index (χ4v) is 2.08. The number of aliphatic carboxylic acids is 1. The zero-order valence-electron chi connectivity index (χ0n) is 13.0. The largest absolute Gasteiger partial charge is 0.490 e. The molecular weight excluding hydrogens is 312 g/mol. The van der Waals surface area contributed by atoms with Crippen LogP contribution < -0.4 is 9.47 Å². The summed E-state index contributed by atoms with van der Waals surface area (Å²) in [5, 5.41) is 17.7. The number of rotatable bonds is 9. The molecule has 126 valence electrons. The van der Waals surface area contributed by atoms with Crippen LogP contribution in [0.4, 0.5) is 0 Å². The van der Waals surface area contributed by atoms with Crippen LogP contribution in [0, 0.1) is 0 Å². The third-order valence-electron chi connectivity index (χ3n) is 3.28. The number of benzene rings is 2. The predicted octanol–water partition coefficient (Wildman–Crippen LogP) is 2.86. The lowest BCUT2D eigenvalue weighted by Crippen LogP contribution is -2.11. The van der Waals surface area contributed by atoms with E-state index in [1.54, 1.807) is 30.3 Å². The summed E-state index contributed by atoms with van der Waals surface area (Å²) >= 11 is 0. The van der Waals surface area contributed by atoms with Crippen LogP contribution in [-0.4, -0.2) is 35.4 Å². The van der Waals surface area contributed by atoms with Crippen molar-refractivity contribution < 1.29 is 29.3 Å². The smallest absolute Gasteiger partial charge is 0.339 e. The molecule has 2 rings (SSSR count). The molecule has 0 atom stereocenters. The number of aryl methyl sites for hydroxylation is 1. The van der Waals surface area contributed by atoms with E-state index in [4.69, 9.17) is 19.7 Å². The van der Waals surface area contributed by atoms with Crippen molar-refractivity contribution in [2.45, 2.75) is 12.8 Å². The Bertz CT molecular complexity index is 693. The lowest BCUT2D eigenvalue weighted by atomic mass is 10.1. The zero-order valence-corrected chi connectivity index (χ0v) is 13.0. The van der Waals surface area contributed by atoms with Crippen molar-refractivity contribution in [3.05, 3.63) is 59.7 Å². The average molecular weight is 330 g/mol. The molecule has 0 aliphatic carbocycles. The number of carboxylic acids is 2. The van der Waals surface area contributed by atoms with Crippen molar-refractivity contribution >= 4 is 11.9 Å². The Hall–Kier alpha value is -3.02. The standard InChI is InChI=1S/C18H18O6/c19-17(20)10-7-13-5-8-14(9-6-13)23-11-12-24-16-4-2-1-3-15(16)18(21)22/h1-6,8-9H,7,10-12H2,(H,19,20)(H,21,22). The van der Waals surface area contributed by atoms with E-state index in [9.17, 15) is 9.59 Å². The fourth-order valence-electron chi connectivity index (χ4n) is 2.08. The van der Waals surface area contributed by atoms with Crippen LogP contribution in [0.5, 0.6) is 11.5 Å². The van der Waals surface area contributed by atoms with E-state index in [2.05, 4.69) is 0 Å². The van der Waals surface area contributed by atoms with Crippen molar-refractivity contribution in [2.75, 3.05) is 13.2 Å². The highest BCUT2D eigenvalue weighted by Crippen LogP contribution is 2.18. The summed E-state index contributed by atoms with van der Waals surface area (Å²) in [7, 11) is 0. The second-order valence-electron chi connectivity index (χ2n) is 5.04. The number of hydrogen-bond acceptors (Lipinski definition) is 4. The van der Waals surface area contributed by atoms with Crippen LogP contribution in [0.3, 0.4) is 0 Å². The molecule has 0 saturated heterocycles. The summed E-state index contributed by atoms with van der Waals surface area (Å²) in [6, 6.07) is 13.6. The molecule has 0 aromatic heterocycles. The number of ether oxygens (including phenoxy) is 2. The monoisotopic (exact) mass is 330 g/mol. The van der Waals surface area contributed by atoms with Crippen molar-refractivity contribution in [2.24, 2.45) is 0 Å². The van der Waals surface area contributed by atoms with Crippen LogP contribution in [0.1, 0.15) is 22.3 Å². The van der Waals surface area contributed by atoms with E-state index in [-0.39, 0.29) is 25.2 Å². The molecule has 0 amide bonds. The highest BCUT2D eigenvalue weighted by molar-refractivity contribution is 5.90. The van der Waals surface area contributed by atoms with Gasteiger partial charge in [-0.05, 0) is 36.2 Å². The fraction of sp³-hybridized carbons (Fsp3) is 0.222. The Labute approximate surface area is 139 Å². The minimum Gasteiger partial charge on any atom is -0.490 e. The Balaban J connectivity index is 1.78. The van der Waals surface area contributed by atoms with Gasteiger partial charge >= 0.3 is 11.9 Å². The second-order valence-corrected chi connectivity index (χ2v) is 5.04. The molecule has 0 radical (unpaired) electrons. The van der Waals surface area contributed by atoms with Gasteiger partial charge in [-0.25, -0.2) is 4.79 Å². The molecule has 2 N–H and O–H groups in total. The minimum atomic E-state index is -1.04. The first-order valence-electron chi connectivity index (χ1n) is 7.45. The summed E-state index contributed by atoms with van der Waals surface area (Å²) in [5.74, 6) is -0.917. The van der Waals surface area contributed by atoms with Gasteiger partial charge in [-0.3, -0.25) is 4.79 Å². The molecule has 2 aromatic rings. The van der Waals surface area contributed by atoms with E-state index in [1.165, 1.54) is 6.07 Å². The molecule has 0 bridgehead atoms. The van der Waals surface area contributed by atoms with E-state index in [1.807, 2.05) is 12.1 Å². The van der Waals surface area contributed by atoms with Crippen molar-refractivity contribution in [1.82, 2.24) is 0 Å². The summed E-state index contributed by atoms with van der Waals surface area (Å²) < 4.78 is 11.0. The predicted molar refractivity (Wildman–Crippen MR) is 86.8 cm³/mol. The van der Waals surface area contributed by atoms with E-state index in [0.29, 0.717) is 17.9 Å². The summed E-state index contributed by atoms with van der Waals surface area (Å²) in [4.78, 5) is 21.6. The number of carboxylic acid groups (broad SMARTS) is 2. The molecule has 0 fully saturated rings. The van der Waals surface area contributed by atoms with Crippen molar-refractivity contribution in [3.63, 3.8) is 0 Å². The quantitative estimate of drug-likeness (QED) is 0.687. The Kier molecular flexibility index (Phi) is 6.19. The van der Waals surface area contributed by atoms with E-state index < -0.39 is 11.9 Å². The molecule has 0 spiro atoms. The maximum atomic E-state index is 11.1. The highest BCUT2D eigenvalue weighted by Gasteiger charge is 2.09. The van der Waals surface area contributed by atoms with Crippen LogP contribution in [0.2, 0.25) is 0 Å². The highest BCUT2D eigenvalue weighted by atomic mass is 16.5. The molecule has 0 aliphatic heterocycles. The van der Waals surface area contributed by atoms with Crippen molar-refractivity contribution in [3.8, 4) is 11.5 Å². The Morgan fingerprint density at radius 1 is 0.875 bits per heavy atom. The van der Waals surface area contributed by atoms with Gasteiger partial charge in [-0.15, -0.1) is 0 Å². The van der Waals surface area contributed by atoms with Crippen LogP contribution >= 0.6 is 0 Å². The van der Waals surface area contributed by atoms with Gasteiger partial charge in [0.2, 0.25) is 0 Å². The first-order chi connectivity index (χ1) is 11.6. The Morgan fingerprint density at radius 3 is 2.21 bits per heavy atom. The second kappa shape index (κ2) is 8.57.